The molecule has 2 aromatic carbocycles. The van der Waals surface area contributed by atoms with Crippen molar-refractivity contribution in [1.82, 2.24) is 14.7 Å². The van der Waals surface area contributed by atoms with Crippen LogP contribution in [0.15, 0.2) is 48.7 Å². The fourth-order valence-corrected chi connectivity index (χ4v) is 3.62. The fraction of sp³-hybridized carbons (Fsp3) is 0.190. The van der Waals surface area contributed by atoms with Crippen LogP contribution in [-0.4, -0.2) is 27.1 Å². The Bertz CT molecular complexity index is 1080. The molecule has 1 aliphatic rings. The molecule has 0 N–H and O–H groups in total. The van der Waals surface area contributed by atoms with Crippen molar-refractivity contribution in [2.75, 3.05) is 6.54 Å². The zero-order chi connectivity index (χ0) is 19.7. The Hall–Kier alpha value is -3.17. The van der Waals surface area contributed by atoms with Crippen LogP contribution in [0.3, 0.4) is 0 Å². The van der Waals surface area contributed by atoms with Crippen molar-refractivity contribution in [3.05, 3.63) is 76.3 Å². The molecule has 1 amide bonds. The van der Waals surface area contributed by atoms with E-state index < -0.39 is 0 Å². The van der Waals surface area contributed by atoms with Gasteiger partial charge in [0, 0.05) is 12.1 Å². The second-order valence-electron chi connectivity index (χ2n) is 6.65. The minimum absolute atomic E-state index is 0.0155. The highest BCUT2D eigenvalue weighted by Gasteiger charge is 2.24. The summed E-state index contributed by atoms with van der Waals surface area (Å²) in [4.78, 5) is 14.6. The number of amides is 1. The van der Waals surface area contributed by atoms with Crippen LogP contribution in [0.1, 0.15) is 16.8 Å². The number of carbonyl (C=O) groups excluding carboxylic acids is 1. The van der Waals surface area contributed by atoms with Gasteiger partial charge in [0.15, 0.2) is 0 Å². The van der Waals surface area contributed by atoms with Gasteiger partial charge in [-0.3, -0.25) is 9.48 Å². The Labute approximate surface area is 166 Å². The summed E-state index contributed by atoms with van der Waals surface area (Å²) in [7, 11) is 0. The van der Waals surface area contributed by atoms with Crippen molar-refractivity contribution in [1.29, 1.82) is 5.26 Å². The van der Waals surface area contributed by atoms with Crippen molar-refractivity contribution >= 4 is 17.5 Å². The lowest BCUT2D eigenvalue weighted by Gasteiger charge is -2.28. The van der Waals surface area contributed by atoms with E-state index in [0.717, 1.165) is 22.4 Å². The molecule has 1 aliphatic heterocycles. The quantitative estimate of drug-likeness (QED) is 0.678. The number of nitrogens with zero attached hydrogens (tertiary/aromatic N) is 4. The smallest absolute Gasteiger partial charge is 0.227 e. The number of rotatable bonds is 3. The summed E-state index contributed by atoms with van der Waals surface area (Å²) >= 11 is 6.07. The number of hydrogen-bond acceptors (Lipinski definition) is 3. The van der Waals surface area contributed by atoms with E-state index in [9.17, 15) is 9.18 Å². The molecule has 2 heterocycles. The summed E-state index contributed by atoms with van der Waals surface area (Å²) in [5.41, 5.74) is 3.87. The van der Waals surface area contributed by atoms with Gasteiger partial charge >= 0.3 is 0 Å². The van der Waals surface area contributed by atoms with Gasteiger partial charge in [-0.05, 0) is 35.4 Å². The molecular formula is C21H16ClFN4O. The number of benzene rings is 2. The maximum atomic E-state index is 13.2. The molecule has 0 radical (unpaired) electrons. The SMILES string of the molecule is N#Cc1ccc(CC(=O)N2CCn3ncc(-c4ccc(F)cc4)c3C2)cc1Cl. The monoisotopic (exact) mass is 394 g/mol. The highest BCUT2D eigenvalue weighted by molar-refractivity contribution is 6.31. The van der Waals surface area contributed by atoms with E-state index in [1.807, 2.05) is 10.8 Å². The highest BCUT2D eigenvalue weighted by atomic mass is 35.5. The van der Waals surface area contributed by atoms with Crippen LogP contribution in [0, 0.1) is 17.1 Å². The summed E-state index contributed by atoms with van der Waals surface area (Å²) in [6, 6.07) is 13.3. The third-order valence-electron chi connectivity index (χ3n) is 4.89. The average molecular weight is 395 g/mol. The van der Waals surface area contributed by atoms with Crippen LogP contribution in [0.5, 0.6) is 0 Å². The first kappa shape index (κ1) is 18.2. The fourth-order valence-electron chi connectivity index (χ4n) is 3.37. The molecule has 7 heteroatoms. The number of aromatic nitrogens is 2. The van der Waals surface area contributed by atoms with Crippen molar-refractivity contribution in [2.24, 2.45) is 0 Å². The highest BCUT2D eigenvalue weighted by Crippen LogP contribution is 2.27. The van der Waals surface area contributed by atoms with Crippen LogP contribution < -0.4 is 0 Å². The van der Waals surface area contributed by atoms with E-state index in [4.69, 9.17) is 16.9 Å². The molecule has 1 aromatic heterocycles. The van der Waals surface area contributed by atoms with E-state index in [1.165, 1.54) is 12.1 Å². The van der Waals surface area contributed by atoms with E-state index in [1.54, 1.807) is 41.4 Å². The Balaban J connectivity index is 1.53. The molecule has 0 saturated carbocycles. The van der Waals surface area contributed by atoms with Crippen LogP contribution in [-0.2, 0) is 24.3 Å². The maximum absolute atomic E-state index is 13.2. The second kappa shape index (κ2) is 7.45. The van der Waals surface area contributed by atoms with Crippen molar-refractivity contribution in [3.8, 4) is 17.2 Å². The second-order valence-corrected chi connectivity index (χ2v) is 7.06. The molecule has 28 heavy (non-hydrogen) atoms. The Morgan fingerprint density at radius 2 is 2.00 bits per heavy atom. The van der Waals surface area contributed by atoms with E-state index in [0.29, 0.717) is 30.2 Å². The van der Waals surface area contributed by atoms with Gasteiger partial charge in [0.1, 0.15) is 11.9 Å². The van der Waals surface area contributed by atoms with Gasteiger partial charge in [-0.15, -0.1) is 0 Å². The molecule has 0 aliphatic carbocycles. The van der Waals surface area contributed by atoms with Gasteiger partial charge in [-0.25, -0.2) is 4.39 Å². The number of carbonyl (C=O) groups is 1. The Kier molecular flexibility index (Phi) is 4.84. The summed E-state index contributed by atoms with van der Waals surface area (Å²) in [5, 5.41) is 13.7. The largest absolute Gasteiger partial charge is 0.335 e. The van der Waals surface area contributed by atoms with Crippen LogP contribution in [0.2, 0.25) is 5.02 Å². The molecule has 140 valence electrons. The molecule has 0 atom stereocenters. The predicted molar refractivity (Wildman–Crippen MR) is 103 cm³/mol. The third kappa shape index (κ3) is 3.49. The molecule has 0 bridgehead atoms. The summed E-state index contributed by atoms with van der Waals surface area (Å²) in [5.74, 6) is -0.305. The van der Waals surface area contributed by atoms with Crippen LogP contribution in [0.4, 0.5) is 4.39 Å². The lowest BCUT2D eigenvalue weighted by molar-refractivity contribution is -0.131. The molecule has 0 spiro atoms. The molecule has 0 fully saturated rings. The summed E-state index contributed by atoms with van der Waals surface area (Å²) in [6.45, 7) is 1.62. The Morgan fingerprint density at radius 3 is 2.71 bits per heavy atom. The first-order valence-electron chi connectivity index (χ1n) is 8.82. The van der Waals surface area contributed by atoms with Gasteiger partial charge in [0.05, 0.1) is 42.0 Å². The molecule has 0 saturated heterocycles. The summed E-state index contributed by atoms with van der Waals surface area (Å²) < 4.78 is 15.1. The Morgan fingerprint density at radius 1 is 1.21 bits per heavy atom. The summed E-state index contributed by atoms with van der Waals surface area (Å²) in [6.07, 6.45) is 1.97. The average Bonchev–Trinajstić information content (AvgIpc) is 3.12. The van der Waals surface area contributed by atoms with Gasteiger partial charge < -0.3 is 4.90 Å². The van der Waals surface area contributed by atoms with Crippen molar-refractivity contribution in [2.45, 2.75) is 19.5 Å². The maximum Gasteiger partial charge on any atom is 0.227 e. The minimum Gasteiger partial charge on any atom is -0.335 e. The molecular weight excluding hydrogens is 379 g/mol. The van der Waals surface area contributed by atoms with Crippen LogP contribution >= 0.6 is 11.6 Å². The van der Waals surface area contributed by atoms with Crippen molar-refractivity contribution in [3.63, 3.8) is 0 Å². The zero-order valence-electron chi connectivity index (χ0n) is 14.9. The van der Waals surface area contributed by atoms with Gasteiger partial charge in [-0.1, -0.05) is 29.8 Å². The molecule has 5 nitrogen and oxygen atoms in total. The standard InChI is InChI=1S/C21H16ClFN4O/c22-19-9-14(1-2-16(19)11-24)10-21(28)26-7-8-27-20(13-26)18(12-25-27)15-3-5-17(23)6-4-15/h1-6,9,12H,7-8,10,13H2. The number of nitriles is 1. The first-order valence-corrected chi connectivity index (χ1v) is 9.20. The lowest BCUT2D eigenvalue weighted by atomic mass is 10.0. The van der Waals surface area contributed by atoms with E-state index >= 15 is 0 Å². The van der Waals surface area contributed by atoms with Crippen LogP contribution in [0.25, 0.3) is 11.1 Å². The van der Waals surface area contributed by atoms with Crippen molar-refractivity contribution < 1.29 is 9.18 Å². The third-order valence-corrected chi connectivity index (χ3v) is 5.20. The predicted octanol–water partition coefficient (Wildman–Crippen LogP) is 3.80. The van der Waals surface area contributed by atoms with Gasteiger partial charge in [-0.2, -0.15) is 10.4 Å². The first-order chi connectivity index (χ1) is 13.5. The normalized spacial score (nSPS) is 13.1. The number of halogens is 2. The zero-order valence-corrected chi connectivity index (χ0v) is 15.7. The van der Waals surface area contributed by atoms with E-state index in [-0.39, 0.29) is 18.1 Å². The topological polar surface area (TPSA) is 61.9 Å². The van der Waals surface area contributed by atoms with Gasteiger partial charge in [0.25, 0.3) is 0 Å². The van der Waals surface area contributed by atoms with Gasteiger partial charge in [0.2, 0.25) is 5.91 Å². The minimum atomic E-state index is -0.289. The molecule has 0 unspecified atom stereocenters. The lowest BCUT2D eigenvalue weighted by Crippen LogP contribution is -2.39. The molecule has 3 aromatic rings. The number of fused-ring (bicyclic) bond motifs is 1. The molecule has 4 rings (SSSR count). The van der Waals surface area contributed by atoms with E-state index in [2.05, 4.69) is 5.10 Å². The number of hydrogen-bond donors (Lipinski definition) is 0.